The third-order valence-corrected chi connectivity index (χ3v) is 1.20. The van der Waals surface area contributed by atoms with Gasteiger partial charge in [0, 0.05) is 6.92 Å². The van der Waals surface area contributed by atoms with Crippen LogP contribution in [0.2, 0.25) is 0 Å². The molecular formula is C11H17NO. The second kappa shape index (κ2) is 7.35. The fourth-order valence-corrected chi connectivity index (χ4v) is 0.716. The number of aromatic nitrogens is 1. The first-order chi connectivity index (χ1) is 6.33. The lowest BCUT2D eigenvalue weighted by Crippen LogP contribution is -1.60. The molecular weight excluding hydrogens is 162 g/mol. The third-order valence-electron chi connectivity index (χ3n) is 1.20. The van der Waals surface area contributed by atoms with Gasteiger partial charge in [0.05, 0.1) is 6.20 Å². The van der Waals surface area contributed by atoms with Crippen molar-refractivity contribution in [1.29, 1.82) is 0 Å². The minimum atomic E-state index is 0.699. The van der Waals surface area contributed by atoms with Gasteiger partial charge < -0.3 is 4.42 Å². The number of oxazole rings is 1. The lowest BCUT2D eigenvalue weighted by Gasteiger charge is -1.79. The molecule has 0 aliphatic heterocycles. The molecule has 13 heavy (non-hydrogen) atoms. The van der Waals surface area contributed by atoms with Crippen LogP contribution in [-0.2, 0) is 0 Å². The average Bonchev–Trinajstić information content (AvgIpc) is 2.56. The van der Waals surface area contributed by atoms with E-state index in [0.29, 0.717) is 5.89 Å². The number of rotatable bonds is 2. The Balaban J connectivity index is 0.000000671. The van der Waals surface area contributed by atoms with Gasteiger partial charge in [0.15, 0.2) is 5.89 Å². The highest BCUT2D eigenvalue weighted by molar-refractivity contribution is 5.43. The van der Waals surface area contributed by atoms with Gasteiger partial charge in [-0.3, -0.25) is 0 Å². The summed E-state index contributed by atoms with van der Waals surface area (Å²) in [4.78, 5) is 3.95. The van der Waals surface area contributed by atoms with Crippen molar-refractivity contribution in [3.63, 3.8) is 0 Å². The average molecular weight is 179 g/mol. The van der Waals surface area contributed by atoms with Gasteiger partial charge in [-0.2, -0.15) is 0 Å². The molecule has 0 aromatic carbocycles. The standard InChI is InChI=1S/C9H11NO.C2H6/c1-3-4-5-6-9-7-10-8(2)11-9;1-2/h3-7H,1-2H3;1-2H3/b4-3-,6-5-;. The van der Waals surface area contributed by atoms with Crippen LogP contribution < -0.4 is 0 Å². The molecule has 0 spiro atoms. The normalized spacial score (nSPS) is 10.5. The smallest absolute Gasteiger partial charge is 0.191 e. The maximum Gasteiger partial charge on any atom is 0.191 e. The molecule has 0 saturated heterocycles. The maximum atomic E-state index is 5.20. The van der Waals surface area contributed by atoms with Crippen molar-refractivity contribution in [2.45, 2.75) is 27.7 Å². The number of allylic oxidation sites excluding steroid dienone is 3. The first-order valence-electron chi connectivity index (χ1n) is 4.54. The number of nitrogens with zero attached hydrogens (tertiary/aromatic N) is 1. The van der Waals surface area contributed by atoms with Crippen molar-refractivity contribution < 1.29 is 4.42 Å². The molecule has 0 unspecified atom stereocenters. The van der Waals surface area contributed by atoms with Crippen LogP contribution in [0.3, 0.4) is 0 Å². The van der Waals surface area contributed by atoms with Crippen molar-refractivity contribution >= 4 is 6.08 Å². The molecule has 0 aliphatic rings. The van der Waals surface area contributed by atoms with Crippen LogP contribution in [0.1, 0.15) is 32.4 Å². The highest BCUT2D eigenvalue weighted by Crippen LogP contribution is 2.03. The van der Waals surface area contributed by atoms with Gasteiger partial charge in [0.1, 0.15) is 5.76 Å². The Bertz CT molecular complexity index is 271. The molecule has 1 aromatic heterocycles. The van der Waals surface area contributed by atoms with E-state index in [9.17, 15) is 0 Å². The van der Waals surface area contributed by atoms with Crippen LogP contribution in [0, 0.1) is 6.92 Å². The minimum absolute atomic E-state index is 0.699. The van der Waals surface area contributed by atoms with E-state index >= 15 is 0 Å². The second-order valence-electron chi connectivity index (χ2n) is 2.17. The van der Waals surface area contributed by atoms with E-state index in [1.165, 1.54) is 0 Å². The highest BCUT2D eigenvalue weighted by Gasteiger charge is 1.91. The summed E-state index contributed by atoms with van der Waals surface area (Å²) in [7, 11) is 0. The van der Waals surface area contributed by atoms with Gasteiger partial charge in [-0.15, -0.1) is 0 Å². The van der Waals surface area contributed by atoms with Crippen LogP contribution >= 0.6 is 0 Å². The quantitative estimate of drug-likeness (QED) is 0.648. The fraction of sp³-hybridized carbons (Fsp3) is 0.364. The molecule has 0 fully saturated rings. The molecule has 1 heterocycles. The summed E-state index contributed by atoms with van der Waals surface area (Å²) in [6, 6.07) is 0. The Morgan fingerprint density at radius 2 is 2.00 bits per heavy atom. The predicted molar refractivity (Wildman–Crippen MR) is 56.4 cm³/mol. The highest BCUT2D eigenvalue weighted by atomic mass is 16.3. The molecule has 0 atom stereocenters. The Kier molecular flexibility index (Phi) is 6.60. The first-order valence-corrected chi connectivity index (χ1v) is 4.54. The van der Waals surface area contributed by atoms with Crippen LogP contribution in [0.5, 0.6) is 0 Å². The molecule has 0 radical (unpaired) electrons. The van der Waals surface area contributed by atoms with E-state index < -0.39 is 0 Å². The number of hydrogen-bond acceptors (Lipinski definition) is 2. The summed E-state index contributed by atoms with van der Waals surface area (Å²) in [5.41, 5.74) is 0. The molecule has 0 aliphatic carbocycles. The molecule has 0 saturated carbocycles. The van der Waals surface area contributed by atoms with Crippen LogP contribution in [0.25, 0.3) is 6.08 Å². The summed E-state index contributed by atoms with van der Waals surface area (Å²) < 4.78 is 5.20. The van der Waals surface area contributed by atoms with Gasteiger partial charge >= 0.3 is 0 Å². The third kappa shape index (κ3) is 5.01. The predicted octanol–water partition coefficient (Wildman–Crippen LogP) is 3.60. The largest absolute Gasteiger partial charge is 0.442 e. The first kappa shape index (κ1) is 11.7. The number of aryl methyl sites for hydroxylation is 1. The Hall–Kier alpha value is -1.31. The molecule has 72 valence electrons. The van der Waals surface area contributed by atoms with Crippen molar-refractivity contribution in [1.82, 2.24) is 4.98 Å². The summed E-state index contributed by atoms with van der Waals surface area (Å²) in [5.74, 6) is 1.49. The van der Waals surface area contributed by atoms with Gasteiger partial charge in [0.2, 0.25) is 0 Å². The van der Waals surface area contributed by atoms with Crippen molar-refractivity contribution in [3.05, 3.63) is 36.1 Å². The SMILES string of the molecule is C/C=C\C=C/c1cnc(C)o1.CC. The van der Waals surface area contributed by atoms with Crippen molar-refractivity contribution in [2.24, 2.45) is 0 Å². The molecule has 2 heteroatoms. The number of hydrogen-bond donors (Lipinski definition) is 0. The van der Waals surface area contributed by atoms with Crippen LogP contribution in [0.15, 0.2) is 28.8 Å². The minimum Gasteiger partial charge on any atom is -0.442 e. The van der Waals surface area contributed by atoms with Gasteiger partial charge in [-0.05, 0) is 13.0 Å². The lowest BCUT2D eigenvalue weighted by molar-refractivity contribution is 0.513. The van der Waals surface area contributed by atoms with E-state index in [4.69, 9.17) is 4.42 Å². The Morgan fingerprint density at radius 1 is 1.31 bits per heavy atom. The molecule has 0 bridgehead atoms. The van der Waals surface area contributed by atoms with E-state index in [1.54, 1.807) is 6.20 Å². The lowest BCUT2D eigenvalue weighted by atomic mass is 10.4. The van der Waals surface area contributed by atoms with E-state index in [-0.39, 0.29) is 0 Å². The molecule has 0 N–H and O–H groups in total. The van der Waals surface area contributed by atoms with Crippen molar-refractivity contribution in [2.75, 3.05) is 0 Å². The van der Waals surface area contributed by atoms with E-state index in [1.807, 2.05) is 52.0 Å². The summed E-state index contributed by atoms with van der Waals surface area (Å²) >= 11 is 0. The van der Waals surface area contributed by atoms with E-state index in [2.05, 4.69) is 4.98 Å². The van der Waals surface area contributed by atoms with Gasteiger partial charge in [-0.1, -0.05) is 32.1 Å². The van der Waals surface area contributed by atoms with E-state index in [0.717, 1.165) is 5.76 Å². The molecule has 0 amide bonds. The Labute approximate surface area is 80.0 Å². The summed E-state index contributed by atoms with van der Waals surface area (Å²) in [6.45, 7) is 7.79. The van der Waals surface area contributed by atoms with Crippen LogP contribution in [0.4, 0.5) is 0 Å². The molecule has 1 rings (SSSR count). The van der Waals surface area contributed by atoms with Crippen LogP contribution in [-0.4, -0.2) is 4.98 Å². The maximum absolute atomic E-state index is 5.20. The monoisotopic (exact) mass is 179 g/mol. The zero-order valence-corrected chi connectivity index (χ0v) is 8.74. The second-order valence-corrected chi connectivity index (χ2v) is 2.17. The zero-order chi connectivity index (χ0) is 10.1. The molecule has 1 aromatic rings. The van der Waals surface area contributed by atoms with Crippen molar-refractivity contribution in [3.8, 4) is 0 Å². The summed E-state index contributed by atoms with van der Waals surface area (Å²) in [6.07, 6.45) is 9.40. The zero-order valence-electron chi connectivity index (χ0n) is 8.74. The fourth-order valence-electron chi connectivity index (χ4n) is 0.716. The topological polar surface area (TPSA) is 26.0 Å². The van der Waals surface area contributed by atoms with Gasteiger partial charge in [0.25, 0.3) is 0 Å². The van der Waals surface area contributed by atoms with Gasteiger partial charge in [-0.25, -0.2) is 4.98 Å². The molecule has 2 nitrogen and oxygen atoms in total. The summed E-state index contributed by atoms with van der Waals surface area (Å²) in [5, 5.41) is 0. The Morgan fingerprint density at radius 3 is 2.46 bits per heavy atom.